The molecule has 0 spiro atoms. The van der Waals surface area contributed by atoms with E-state index in [4.69, 9.17) is 14.2 Å². The number of nitrogens with zero attached hydrogens (tertiary/aromatic N) is 2. The Labute approximate surface area is 126 Å². The van der Waals surface area contributed by atoms with Crippen molar-refractivity contribution in [1.82, 2.24) is 15.5 Å². The molecule has 5 heteroatoms. The fourth-order valence-corrected chi connectivity index (χ4v) is 3.56. The molecule has 1 unspecified atom stereocenters. The third kappa shape index (κ3) is 2.61. The number of aromatic nitrogens is 2. The van der Waals surface area contributed by atoms with Crippen molar-refractivity contribution in [2.45, 2.75) is 70.4 Å². The minimum atomic E-state index is -0.369. The van der Waals surface area contributed by atoms with E-state index in [0.717, 1.165) is 50.9 Å². The smallest absolute Gasteiger partial charge is 0.246 e. The highest BCUT2D eigenvalue weighted by molar-refractivity contribution is 5.10. The second kappa shape index (κ2) is 5.06. The van der Waals surface area contributed by atoms with Crippen molar-refractivity contribution < 1.29 is 9.26 Å². The fourth-order valence-electron chi connectivity index (χ4n) is 3.56. The first-order valence-corrected chi connectivity index (χ1v) is 8.04. The van der Waals surface area contributed by atoms with Gasteiger partial charge in [0.05, 0.1) is 5.54 Å². The van der Waals surface area contributed by atoms with Crippen LogP contribution in [-0.2, 0) is 15.9 Å². The van der Waals surface area contributed by atoms with Gasteiger partial charge in [-0.25, -0.2) is 0 Å². The molecule has 1 aliphatic carbocycles. The minimum Gasteiger partial charge on any atom is -0.370 e. The highest BCUT2D eigenvalue weighted by Gasteiger charge is 2.45. The zero-order chi connectivity index (χ0) is 15.1. The Morgan fingerprint density at radius 2 is 1.81 bits per heavy atom. The molecule has 3 rings (SSSR count). The molecule has 2 heterocycles. The molecule has 0 aromatic carbocycles. The number of hydrogen-bond acceptors (Lipinski definition) is 5. The molecular formula is C16H27N3O2. The van der Waals surface area contributed by atoms with Crippen molar-refractivity contribution in [1.29, 1.82) is 0 Å². The monoisotopic (exact) mass is 293 g/mol. The van der Waals surface area contributed by atoms with E-state index in [0.29, 0.717) is 11.3 Å². The maximum atomic E-state index is 5.86. The first-order chi connectivity index (χ1) is 9.89. The number of rotatable bonds is 3. The van der Waals surface area contributed by atoms with Crippen LogP contribution in [0.25, 0.3) is 0 Å². The van der Waals surface area contributed by atoms with Crippen LogP contribution < -0.4 is 5.32 Å². The van der Waals surface area contributed by atoms with Crippen LogP contribution in [0.2, 0.25) is 0 Å². The number of hydrogen-bond donors (Lipinski definition) is 1. The summed E-state index contributed by atoms with van der Waals surface area (Å²) >= 11 is 0. The van der Waals surface area contributed by atoms with Crippen LogP contribution in [0.4, 0.5) is 0 Å². The zero-order valence-corrected chi connectivity index (χ0v) is 13.7. The van der Waals surface area contributed by atoms with Crippen molar-refractivity contribution in [2.24, 2.45) is 5.41 Å². The molecule has 21 heavy (non-hydrogen) atoms. The molecule has 1 saturated carbocycles. The van der Waals surface area contributed by atoms with Gasteiger partial charge in [0.15, 0.2) is 0 Å². The zero-order valence-electron chi connectivity index (χ0n) is 13.7. The lowest BCUT2D eigenvalue weighted by atomic mass is 9.70. The van der Waals surface area contributed by atoms with Crippen LogP contribution in [0.5, 0.6) is 0 Å². The van der Waals surface area contributed by atoms with Crippen molar-refractivity contribution in [3.8, 4) is 0 Å². The Morgan fingerprint density at radius 3 is 2.38 bits per heavy atom. The van der Waals surface area contributed by atoms with E-state index >= 15 is 0 Å². The Bertz CT molecular complexity index is 493. The van der Waals surface area contributed by atoms with E-state index < -0.39 is 0 Å². The van der Waals surface area contributed by atoms with E-state index in [-0.39, 0.29) is 11.1 Å². The van der Waals surface area contributed by atoms with Gasteiger partial charge in [-0.2, -0.15) is 4.98 Å². The van der Waals surface area contributed by atoms with E-state index in [2.05, 4.69) is 31.2 Å². The number of nitrogens with one attached hydrogen (secondary N) is 1. The predicted molar refractivity (Wildman–Crippen MR) is 79.8 cm³/mol. The molecule has 0 bridgehead atoms. The summed E-state index contributed by atoms with van der Waals surface area (Å²) in [6.45, 7) is 7.79. The van der Waals surface area contributed by atoms with Crippen molar-refractivity contribution in [3.63, 3.8) is 0 Å². The van der Waals surface area contributed by atoms with Gasteiger partial charge in [0.25, 0.3) is 0 Å². The highest BCUT2D eigenvalue weighted by Crippen LogP contribution is 2.46. The summed E-state index contributed by atoms with van der Waals surface area (Å²) in [5.41, 5.74) is -0.159. The van der Waals surface area contributed by atoms with Gasteiger partial charge in [-0.05, 0) is 57.4 Å². The number of ether oxygens (including phenoxy) is 1. The van der Waals surface area contributed by atoms with Crippen LogP contribution in [0.1, 0.15) is 71.0 Å². The lowest BCUT2D eigenvalue weighted by Gasteiger charge is -2.40. The molecule has 1 aliphatic heterocycles. The third-order valence-corrected chi connectivity index (χ3v) is 5.48. The first kappa shape index (κ1) is 15.0. The summed E-state index contributed by atoms with van der Waals surface area (Å²) in [5.74, 6) is 1.43. The maximum absolute atomic E-state index is 5.86. The summed E-state index contributed by atoms with van der Waals surface area (Å²) < 4.78 is 11.4. The van der Waals surface area contributed by atoms with Crippen molar-refractivity contribution in [2.75, 3.05) is 13.7 Å². The van der Waals surface area contributed by atoms with E-state index in [1.165, 1.54) is 0 Å². The Balaban J connectivity index is 1.84. The van der Waals surface area contributed by atoms with Gasteiger partial charge in [0.2, 0.25) is 11.7 Å². The highest BCUT2D eigenvalue weighted by atomic mass is 16.5. The molecule has 1 atom stereocenters. The van der Waals surface area contributed by atoms with E-state index in [9.17, 15) is 0 Å². The summed E-state index contributed by atoms with van der Waals surface area (Å²) in [6, 6.07) is 0. The third-order valence-electron chi connectivity index (χ3n) is 5.48. The molecule has 5 nitrogen and oxygen atoms in total. The summed E-state index contributed by atoms with van der Waals surface area (Å²) in [5, 5.41) is 7.74. The van der Waals surface area contributed by atoms with Gasteiger partial charge < -0.3 is 14.6 Å². The molecular weight excluding hydrogens is 266 g/mol. The van der Waals surface area contributed by atoms with E-state index in [1.54, 1.807) is 7.11 Å². The molecule has 1 aromatic rings. The van der Waals surface area contributed by atoms with Gasteiger partial charge >= 0.3 is 0 Å². The van der Waals surface area contributed by atoms with Crippen LogP contribution >= 0.6 is 0 Å². The summed E-state index contributed by atoms with van der Waals surface area (Å²) in [7, 11) is 1.77. The maximum Gasteiger partial charge on any atom is 0.246 e. The Morgan fingerprint density at radius 1 is 1.10 bits per heavy atom. The van der Waals surface area contributed by atoms with Crippen LogP contribution in [0, 0.1) is 5.41 Å². The molecule has 2 fully saturated rings. The van der Waals surface area contributed by atoms with Gasteiger partial charge in [0, 0.05) is 7.11 Å². The van der Waals surface area contributed by atoms with Crippen LogP contribution in [0.15, 0.2) is 4.52 Å². The molecule has 2 aliphatic rings. The average molecular weight is 293 g/mol. The first-order valence-electron chi connectivity index (χ1n) is 8.04. The lowest BCUT2D eigenvalue weighted by molar-refractivity contribution is -0.0740. The van der Waals surface area contributed by atoms with Gasteiger partial charge in [-0.15, -0.1) is 0 Å². The largest absolute Gasteiger partial charge is 0.370 e. The Kier molecular flexibility index (Phi) is 3.61. The normalized spacial score (nSPS) is 31.4. The number of methoxy groups -OCH3 is 1. The standard InChI is InChI=1S/C16H27N3O2/c1-14(2)7-9-16(20-4,10-8-14)12-18-13(21-19-12)15(3)6-5-11-17-15/h17H,5-11H2,1-4H3. The molecule has 118 valence electrons. The second-order valence-electron chi connectivity index (χ2n) is 7.65. The molecule has 0 radical (unpaired) electrons. The van der Waals surface area contributed by atoms with Crippen LogP contribution in [0.3, 0.4) is 0 Å². The lowest BCUT2D eigenvalue weighted by Crippen LogP contribution is -2.38. The Hall–Kier alpha value is -0.940. The van der Waals surface area contributed by atoms with Gasteiger partial charge in [-0.1, -0.05) is 19.0 Å². The van der Waals surface area contributed by atoms with Gasteiger partial charge in [-0.3, -0.25) is 0 Å². The molecule has 1 aromatic heterocycles. The second-order valence-corrected chi connectivity index (χ2v) is 7.65. The molecule has 1 saturated heterocycles. The molecule has 1 N–H and O–H groups in total. The topological polar surface area (TPSA) is 60.2 Å². The fraction of sp³-hybridized carbons (Fsp3) is 0.875. The average Bonchev–Trinajstić information content (AvgIpc) is 3.10. The quantitative estimate of drug-likeness (QED) is 0.928. The van der Waals surface area contributed by atoms with E-state index in [1.807, 2.05) is 0 Å². The minimum absolute atomic E-state index is 0.173. The van der Waals surface area contributed by atoms with Crippen molar-refractivity contribution >= 4 is 0 Å². The van der Waals surface area contributed by atoms with Crippen LogP contribution in [-0.4, -0.2) is 23.8 Å². The molecule has 0 amide bonds. The summed E-state index contributed by atoms with van der Waals surface area (Å²) in [4.78, 5) is 4.71. The predicted octanol–water partition coefficient (Wildman–Crippen LogP) is 3.11. The van der Waals surface area contributed by atoms with Crippen molar-refractivity contribution in [3.05, 3.63) is 11.7 Å². The van der Waals surface area contributed by atoms with Gasteiger partial charge in [0.1, 0.15) is 5.60 Å². The summed E-state index contributed by atoms with van der Waals surface area (Å²) in [6.07, 6.45) is 6.36. The SMILES string of the molecule is COC1(c2noc(C3(C)CCCN3)n2)CCC(C)(C)CC1.